The number of H-pyrrole nitrogens is 1. The molecule has 6 heteroatoms. The van der Waals surface area contributed by atoms with Gasteiger partial charge in [0.25, 0.3) is 0 Å². The lowest BCUT2D eigenvalue weighted by Gasteiger charge is -2.32. The molecule has 0 bridgehead atoms. The predicted molar refractivity (Wildman–Crippen MR) is 161 cm³/mol. The van der Waals surface area contributed by atoms with Crippen LogP contribution < -0.4 is 10.3 Å². The first-order valence-electron chi connectivity index (χ1n) is 14.6. The number of hydrogen-bond acceptors (Lipinski definition) is 3. The minimum atomic E-state index is -0.0241. The lowest BCUT2D eigenvalue weighted by Crippen LogP contribution is -2.33. The van der Waals surface area contributed by atoms with Crippen molar-refractivity contribution in [2.75, 3.05) is 25.0 Å². The van der Waals surface area contributed by atoms with Gasteiger partial charge in [-0.3, -0.25) is 9.74 Å². The maximum atomic E-state index is 12.9. The average Bonchev–Trinajstić information content (AvgIpc) is 3.35. The number of anilines is 1. The molecule has 1 fully saturated rings. The summed E-state index contributed by atoms with van der Waals surface area (Å²) in [6.45, 7) is 7.17. The highest BCUT2D eigenvalue weighted by Crippen LogP contribution is 2.34. The molecule has 0 radical (unpaired) electrons. The van der Waals surface area contributed by atoms with Crippen LogP contribution in [0.3, 0.4) is 0 Å². The summed E-state index contributed by atoms with van der Waals surface area (Å²) >= 11 is 0. The molecule has 2 N–H and O–H groups in total. The first kappa shape index (κ1) is 27.9. The van der Waals surface area contributed by atoms with Gasteiger partial charge in [-0.1, -0.05) is 62.7 Å². The van der Waals surface area contributed by atoms with E-state index in [-0.39, 0.29) is 17.6 Å². The molecule has 1 aliphatic heterocycles. The number of carbonyl (C=O) groups is 1. The molecule has 2 heterocycles. The number of amides is 1. The highest BCUT2D eigenvalue weighted by molar-refractivity contribution is 5.92. The molecule has 0 saturated carbocycles. The third-order valence-electron chi connectivity index (χ3n) is 8.17. The Morgan fingerprint density at radius 3 is 2.55 bits per heavy atom. The number of nitrogens with one attached hydrogen (secondary N) is 2. The Kier molecular flexibility index (Phi) is 9.17. The zero-order valence-corrected chi connectivity index (χ0v) is 23.6. The number of halogens is 1. The Labute approximate surface area is 236 Å². The molecule has 1 saturated heterocycles. The number of carbonyl (C=O) groups excluding carboxylic acids is 1. The van der Waals surface area contributed by atoms with E-state index < -0.39 is 0 Å². The molecule has 5 nitrogen and oxygen atoms in total. The molecule has 0 atom stereocenters. The van der Waals surface area contributed by atoms with E-state index in [2.05, 4.69) is 50.5 Å². The standard InChI is InChI=1S/C34H40FN3O2/c1-24(2)34(39)36-28-13-9-12-27(22-28)25-17-20-38(21-18-25)19-8-4-7-14-30-31-23-29(40-35)15-16-32(31)37-33(30)26-10-5-3-6-11-26/h3,5-6,9-13,15-16,22-25,37H,4,7-8,14,17-21H2,1-2H3,(H,36,39). The summed E-state index contributed by atoms with van der Waals surface area (Å²) in [5.41, 5.74) is 6.72. The molecule has 40 heavy (non-hydrogen) atoms. The molecule has 5 rings (SSSR count). The van der Waals surface area contributed by atoms with Crippen LogP contribution >= 0.6 is 0 Å². The van der Waals surface area contributed by atoms with Gasteiger partial charge in [0.2, 0.25) is 5.91 Å². The van der Waals surface area contributed by atoms with Crippen molar-refractivity contribution in [3.05, 3.63) is 83.9 Å². The first-order valence-corrected chi connectivity index (χ1v) is 14.6. The summed E-state index contributed by atoms with van der Waals surface area (Å²) in [7, 11) is 0. The quantitative estimate of drug-likeness (QED) is 0.188. The number of hydrogen-bond donors (Lipinski definition) is 2. The van der Waals surface area contributed by atoms with Crippen molar-refractivity contribution in [3.63, 3.8) is 0 Å². The summed E-state index contributed by atoms with van der Waals surface area (Å²) in [6.07, 6.45) is 6.64. The average molecular weight is 542 g/mol. The van der Waals surface area contributed by atoms with Crippen molar-refractivity contribution in [2.45, 2.75) is 58.3 Å². The van der Waals surface area contributed by atoms with E-state index in [0.717, 1.165) is 79.6 Å². The number of rotatable bonds is 11. The molecule has 1 aliphatic rings. The lowest BCUT2D eigenvalue weighted by atomic mass is 9.89. The second-order valence-electron chi connectivity index (χ2n) is 11.3. The minimum absolute atomic E-state index is 0.0241. The highest BCUT2D eigenvalue weighted by atomic mass is 19.3. The van der Waals surface area contributed by atoms with Crippen molar-refractivity contribution in [1.29, 1.82) is 0 Å². The number of benzene rings is 3. The Bertz CT molecular complexity index is 1410. The van der Waals surface area contributed by atoms with Crippen molar-refractivity contribution in [2.24, 2.45) is 5.92 Å². The fourth-order valence-corrected chi connectivity index (χ4v) is 5.85. The van der Waals surface area contributed by atoms with Crippen molar-refractivity contribution < 1.29 is 14.3 Å². The van der Waals surface area contributed by atoms with Crippen LogP contribution in [-0.2, 0) is 11.2 Å². The first-order chi connectivity index (χ1) is 19.5. The minimum Gasteiger partial charge on any atom is -0.354 e. The predicted octanol–water partition coefficient (Wildman–Crippen LogP) is 8.29. The maximum absolute atomic E-state index is 12.9. The topological polar surface area (TPSA) is 57.4 Å². The molecule has 0 aliphatic carbocycles. The van der Waals surface area contributed by atoms with Crippen LogP contribution in [0.4, 0.5) is 10.2 Å². The largest absolute Gasteiger partial charge is 0.354 e. The summed E-state index contributed by atoms with van der Waals surface area (Å²) in [6, 6.07) is 24.1. The van der Waals surface area contributed by atoms with Gasteiger partial charge in [0.1, 0.15) is 0 Å². The Balaban J connectivity index is 1.11. The van der Waals surface area contributed by atoms with Crippen LogP contribution in [-0.4, -0.2) is 35.4 Å². The number of likely N-dealkylation sites (tertiary alicyclic amines) is 1. The molecule has 0 unspecified atom stereocenters. The number of fused-ring (bicyclic) bond motifs is 1. The third-order valence-corrected chi connectivity index (χ3v) is 8.17. The van der Waals surface area contributed by atoms with Gasteiger partial charge in [0, 0.05) is 32.7 Å². The van der Waals surface area contributed by atoms with Gasteiger partial charge < -0.3 is 15.2 Å². The summed E-state index contributed by atoms with van der Waals surface area (Å²) in [5, 5.41) is 4.06. The van der Waals surface area contributed by atoms with Crippen molar-refractivity contribution in [3.8, 4) is 17.0 Å². The molecule has 4 aromatic rings. The monoisotopic (exact) mass is 541 g/mol. The molecular formula is C34H40FN3O2. The Morgan fingerprint density at radius 2 is 1.80 bits per heavy atom. The summed E-state index contributed by atoms with van der Waals surface area (Å²) in [4.78, 5) is 22.3. The Morgan fingerprint density at radius 1 is 1.00 bits per heavy atom. The number of aromatic amines is 1. The fourth-order valence-electron chi connectivity index (χ4n) is 5.85. The van der Waals surface area contributed by atoms with E-state index in [1.807, 2.05) is 44.2 Å². The van der Waals surface area contributed by atoms with Crippen LogP contribution in [0, 0.1) is 5.92 Å². The van der Waals surface area contributed by atoms with E-state index >= 15 is 0 Å². The van der Waals surface area contributed by atoms with E-state index in [1.165, 1.54) is 17.5 Å². The van der Waals surface area contributed by atoms with Gasteiger partial charge in [0.15, 0.2) is 5.75 Å². The van der Waals surface area contributed by atoms with Gasteiger partial charge in [0.05, 0.1) is 0 Å². The second-order valence-corrected chi connectivity index (χ2v) is 11.3. The normalized spacial score (nSPS) is 14.6. The number of piperidine rings is 1. The molecule has 1 aromatic heterocycles. The molecule has 3 aromatic carbocycles. The number of aryl methyl sites for hydroxylation is 1. The van der Waals surface area contributed by atoms with Crippen molar-refractivity contribution in [1.82, 2.24) is 9.88 Å². The maximum Gasteiger partial charge on any atom is 0.226 e. The molecule has 1 amide bonds. The summed E-state index contributed by atoms with van der Waals surface area (Å²) < 4.78 is 12.9. The van der Waals surface area contributed by atoms with Gasteiger partial charge in [-0.2, -0.15) is 0 Å². The zero-order valence-electron chi connectivity index (χ0n) is 23.6. The lowest BCUT2D eigenvalue weighted by molar-refractivity contribution is -0.118. The van der Waals surface area contributed by atoms with E-state index in [0.29, 0.717) is 5.92 Å². The van der Waals surface area contributed by atoms with Crippen LogP contribution in [0.2, 0.25) is 0 Å². The van der Waals surface area contributed by atoms with Crippen molar-refractivity contribution >= 4 is 22.5 Å². The molecular weight excluding hydrogens is 501 g/mol. The summed E-state index contributed by atoms with van der Waals surface area (Å²) in [5.74, 6) is 0.821. The van der Waals surface area contributed by atoms with E-state index in [4.69, 9.17) is 0 Å². The smallest absolute Gasteiger partial charge is 0.226 e. The van der Waals surface area contributed by atoms with E-state index in [1.54, 1.807) is 12.1 Å². The SMILES string of the molecule is CC(C)C(=O)Nc1cccc(C2CCN(CCCCCc3c(-c4ccccc4)[nH]c4ccc(OF)cc34)CC2)c1. The zero-order chi connectivity index (χ0) is 27.9. The highest BCUT2D eigenvalue weighted by Gasteiger charge is 2.21. The fraction of sp³-hybridized carbons (Fsp3) is 0.382. The van der Waals surface area contributed by atoms with E-state index in [9.17, 15) is 9.32 Å². The third kappa shape index (κ3) is 6.73. The van der Waals surface area contributed by atoms with Gasteiger partial charge in [-0.15, -0.1) is 0 Å². The number of nitrogens with zero attached hydrogens (tertiary/aromatic N) is 1. The van der Waals surface area contributed by atoms with Gasteiger partial charge in [-0.05, 0) is 105 Å². The van der Waals surface area contributed by atoms with Crippen LogP contribution in [0.25, 0.3) is 22.2 Å². The van der Waals surface area contributed by atoms with Crippen LogP contribution in [0.15, 0.2) is 72.8 Å². The molecule has 0 spiro atoms. The number of unbranched alkanes of at least 4 members (excludes halogenated alkanes) is 2. The van der Waals surface area contributed by atoms with Gasteiger partial charge in [-0.25, -0.2) is 0 Å². The van der Waals surface area contributed by atoms with Crippen LogP contribution in [0.1, 0.15) is 63.0 Å². The van der Waals surface area contributed by atoms with Crippen LogP contribution in [0.5, 0.6) is 5.75 Å². The van der Waals surface area contributed by atoms with Gasteiger partial charge >= 0.3 is 0 Å². The Hall–Kier alpha value is -3.64. The second kappa shape index (κ2) is 13.1. The number of aromatic nitrogens is 1. The molecule has 210 valence electrons.